The van der Waals surface area contributed by atoms with E-state index >= 15 is 0 Å². The summed E-state index contributed by atoms with van der Waals surface area (Å²) in [6, 6.07) is 20.9. The molecule has 2 rings (SSSR count). The van der Waals surface area contributed by atoms with Crippen LogP contribution in [0.15, 0.2) is 75.9 Å². The molecule has 0 bridgehead atoms. The van der Waals surface area contributed by atoms with Crippen LogP contribution in [0.1, 0.15) is 0 Å². The van der Waals surface area contributed by atoms with E-state index in [4.69, 9.17) is 0 Å². The molecule has 0 unspecified atom stereocenters. The summed E-state index contributed by atoms with van der Waals surface area (Å²) in [5.74, 6) is 0. The van der Waals surface area contributed by atoms with Gasteiger partial charge in [-0.25, -0.2) is 0 Å². The molecule has 0 aliphatic carbocycles. The van der Waals surface area contributed by atoms with Crippen LogP contribution in [0, 0.1) is 0 Å². The van der Waals surface area contributed by atoms with Gasteiger partial charge in [0, 0.05) is 0 Å². The molecule has 0 aliphatic heterocycles. The first-order valence-corrected chi connectivity index (χ1v) is 7.52. The Hall–Kier alpha value is -0.951. The number of rotatable bonds is 4. The molecule has 0 spiro atoms. The van der Waals surface area contributed by atoms with Crippen molar-refractivity contribution in [1.82, 2.24) is 0 Å². The molecule has 0 N–H and O–H groups in total. The second kappa shape index (κ2) is 5.95. The molecular weight excluding hydrogens is 279 g/mol. The van der Waals surface area contributed by atoms with Crippen LogP contribution in [0.4, 0.5) is 0 Å². The van der Waals surface area contributed by atoms with Gasteiger partial charge in [-0.3, -0.25) is 0 Å². The van der Waals surface area contributed by atoms with Crippen molar-refractivity contribution in [3.63, 3.8) is 0 Å². The average molecular weight is 291 g/mol. The number of thioether (sulfide) groups is 1. The van der Waals surface area contributed by atoms with Gasteiger partial charge in [0.05, 0.1) is 0 Å². The van der Waals surface area contributed by atoms with Crippen LogP contribution in [0.2, 0.25) is 0 Å². The van der Waals surface area contributed by atoms with E-state index in [1.54, 1.807) is 11.8 Å². The Morgan fingerprint density at radius 2 is 1.44 bits per heavy atom. The Balaban J connectivity index is 1.95. The van der Waals surface area contributed by atoms with Crippen LogP contribution in [0.5, 0.6) is 0 Å². The van der Waals surface area contributed by atoms with Gasteiger partial charge in [0.25, 0.3) is 0 Å². The Bertz CT molecular complexity index is 407. The predicted octanol–water partition coefficient (Wildman–Crippen LogP) is 3.28. The first kappa shape index (κ1) is 11.5. The number of benzene rings is 2. The quantitative estimate of drug-likeness (QED) is 0.615. The van der Waals surface area contributed by atoms with Gasteiger partial charge in [-0.15, -0.1) is 0 Å². The molecule has 0 saturated heterocycles. The zero-order valence-corrected chi connectivity index (χ0v) is 11.3. The van der Waals surface area contributed by atoms with Crippen molar-refractivity contribution < 1.29 is 0 Å². The van der Waals surface area contributed by atoms with E-state index in [-0.39, 0.29) is 0 Å². The maximum absolute atomic E-state index is 4.14. The second-order valence-corrected chi connectivity index (χ2v) is 7.41. The molecule has 0 saturated carbocycles. The Morgan fingerprint density at radius 3 is 2.06 bits per heavy atom. The fraction of sp³-hybridized carbons (Fsp3) is 0. The molecule has 0 fully saturated rings. The van der Waals surface area contributed by atoms with E-state index in [0.29, 0.717) is 15.0 Å². The van der Waals surface area contributed by atoms with Crippen molar-refractivity contribution in [1.29, 1.82) is 0 Å². The van der Waals surface area contributed by atoms with E-state index in [2.05, 4.69) is 55.1 Å². The van der Waals surface area contributed by atoms with Crippen LogP contribution in [-0.4, -0.2) is 15.0 Å². The normalized spacial score (nSPS) is 10.0. The van der Waals surface area contributed by atoms with Gasteiger partial charge in [0.1, 0.15) is 0 Å². The molecular formula is C14H12SSe. The Kier molecular flexibility index (Phi) is 4.29. The van der Waals surface area contributed by atoms with Crippen molar-refractivity contribution in [2.45, 2.75) is 4.90 Å². The minimum atomic E-state index is 0.349. The van der Waals surface area contributed by atoms with Gasteiger partial charge in [0.15, 0.2) is 0 Å². The molecule has 0 aliphatic rings. The van der Waals surface area contributed by atoms with E-state index < -0.39 is 0 Å². The number of hydrogen-bond acceptors (Lipinski definition) is 1. The maximum atomic E-state index is 4.14. The topological polar surface area (TPSA) is 0 Å². The standard InChI is InChI=1S/C14H12SSe/c1-12(15-13-8-4-2-5-9-13)16-14-10-6-3-7-11-14/h2-11H,1H2. The van der Waals surface area contributed by atoms with Gasteiger partial charge in [0.2, 0.25) is 0 Å². The van der Waals surface area contributed by atoms with Gasteiger partial charge < -0.3 is 0 Å². The summed E-state index contributed by atoms with van der Waals surface area (Å²) in [6.07, 6.45) is 0. The summed E-state index contributed by atoms with van der Waals surface area (Å²) >= 11 is 2.12. The summed E-state index contributed by atoms with van der Waals surface area (Å²) in [7, 11) is 0. The molecule has 80 valence electrons. The molecule has 2 aromatic carbocycles. The fourth-order valence-corrected chi connectivity index (χ4v) is 4.39. The van der Waals surface area contributed by atoms with E-state index in [1.807, 2.05) is 12.1 Å². The molecule has 0 amide bonds. The van der Waals surface area contributed by atoms with Crippen molar-refractivity contribution in [3.05, 3.63) is 71.0 Å². The SMILES string of the molecule is C=C(Sc1ccccc1)[Se]c1ccccc1. The minimum absolute atomic E-state index is 0.349. The molecule has 0 nitrogen and oxygen atoms in total. The molecule has 0 heterocycles. The summed E-state index contributed by atoms with van der Waals surface area (Å²) in [4.78, 5) is 1.27. The summed E-state index contributed by atoms with van der Waals surface area (Å²) in [5, 5.41) is 0. The molecule has 0 radical (unpaired) electrons. The zero-order chi connectivity index (χ0) is 11.2. The molecule has 0 atom stereocenters. The number of hydrogen-bond donors (Lipinski definition) is 0. The van der Waals surface area contributed by atoms with E-state index in [0.717, 1.165) is 0 Å². The fourth-order valence-electron chi connectivity index (χ4n) is 1.26. The van der Waals surface area contributed by atoms with Crippen LogP contribution in [0.25, 0.3) is 0 Å². The van der Waals surface area contributed by atoms with Crippen molar-refractivity contribution in [2.24, 2.45) is 0 Å². The van der Waals surface area contributed by atoms with Crippen LogP contribution >= 0.6 is 11.8 Å². The van der Waals surface area contributed by atoms with Gasteiger partial charge >= 0.3 is 107 Å². The molecule has 16 heavy (non-hydrogen) atoms. The Morgan fingerprint density at radius 1 is 0.875 bits per heavy atom. The third-order valence-electron chi connectivity index (χ3n) is 1.95. The monoisotopic (exact) mass is 292 g/mol. The molecule has 0 aromatic heterocycles. The molecule has 2 heteroatoms. The third-order valence-corrected chi connectivity index (χ3v) is 5.19. The molecule has 2 aromatic rings. The zero-order valence-electron chi connectivity index (χ0n) is 8.80. The second-order valence-electron chi connectivity index (χ2n) is 3.20. The van der Waals surface area contributed by atoms with Gasteiger partial charge in [-0.1, -0.05) is 0 Å². The Labute approximate surface area is 107 Å². The van der Waals surface area contributed by atoms with Crippen LogP contribution in [-0.2, 0) is 0 Å². The van der Waals surface area contributed by atoms with Gasteiger partial charge in [-0.2, -0.15) is 0 Å². The third kappa shape index (κ3) is 3.57. The van der Waals surface area contributed by atoms with E-state index in [9.17, 15) is 0 Å². The van der Waals surface area contributed by atoms with Crippen LogP contribution in [0.3, 0.4) is 0 Å². The van der Waals surface area contributed by atoms with E-state index in [1.165, 1.54) is 13.2 Å². The van der Waals surface area contributed by atoms with Crippen molar-refractivity contribution in [3.8, 4) is 0 Å². The van der Waals surface area contributed by atoms with Crippen molar-refractivity contribution in [2.75, 3.05) is 0 Å². The van der Waals surface area contributed by atoms with Gasteiger partial charge in [-0.05, 0) is 0 Å². The van der Waals surface area contributed by atoms with Crippen molar-refractivity contribution >= 4 is 31.2 Å². The average Bonchev–Trinajstić information content (AvgIpc) is 2.31. The first-order chi connectivity index (χ1) is 7.84. The van der Waals surface area contributed by atoms with Crippen LogP contribution < -0.4 is 4.46 Å². The summed E-state index contributed by atoms with van der Waals surface area (Å²) in [5.41, 5.74) is 0. The summed E-state index contributed by atoms with van der Waals surface area (Å²) in [6.45, 7) is 4.14. The summed E-state index contributed by atoms with van der Waals surface area (Å²) < 4.78 is 2.62. The first-order valence-electron chi connectivity index (χ1n) is 4.99. The predicted molar refractivity (Wildman–Crippen MR) is 73.3 cm³/mol.